The highest BCUT2D eigenvalue weighted by Gasteiger charge is 2.35. The van der Waals surface area contributed by atoms with Crippen LogP contribution in [0.25, 0.3) is 0 Å². The standard InChI is InChI=1S/C28H46O4/c1-4-6-7-8-11-21-13-15-23(25(21)29)17-18-24-16-14-22(26(24)30)12-9-10-20-28(3,19-5-2)27(31)32/h17-18,21-24H,4-16,19-20H2,1-3H3,(H,31,32)/b18-17-. The van der Waals surface area contributed by atoms with Crippen LogP contribution in [-0.4, -0.2) is 22.6 Å². The fourth-order valence-electron chi connectivity index (χ4n) is 5.77. The molecule has 0 saturated heterocycles. The largest absolute Gasteiger partial charge is 0.481 e. The van der Waals surface area contributed by atoms with Gasteiger partial charge in [0.1, 0.15) is 11.6 Å². The molecule has 4 nitrogen and oxygen atoms in total. The minimum atomic E-state index is -0.703. The molecular formula is C28H46O4. The Morgan fingerprint density at radius 3 is 1.81 bits per heavy atom. The molecule has 0 aliphatic heterocycles. The first kappa shape index (κ1) is 26.8. The number of hydrogen-bond acceptors (Lipinski definition) is 3. The summed E-state index contributed by atoms with van der Waals surface area (Å²) in [5.41, 5.74) is -0.638. The summed E-state index contributed by atoms with van der Waals surface area (Å²) in [7, 11) is 0. The highest BCUT2D eigenvalue weighted by Crippen LogP contribution is 2.36. The number of carbonyl (C=O) groups excluding carboxylic acids is 2. The first-order valence-electron chi connectivity index (χ1n) is 13.3. The van der Waals surface area contributed by atoms with Crippen molar-refractivity contribution in [3.8, 4) is 0 Å². The van der Waals surface area contributed by atoms with E-state index in [0.29, 0.717) is 24.4 Å². The predicted molar refractivity (Wildman–Crippen MR) is 129 cm³/mol. The molecule has 0 amide bonds. The third kappa shape index (κ3) is 7.56. The molecule has 0 aromatic heterocycles. The molecule has 5 unspecified atom stereocenters. The third-order valence-electron chi connectivity index (χ3n) is 8.02. The lowest BCUT2D eigenvalue weighted by atomic mass is 9.80. The second-order valence-electron chi connectivity index (χ2n) is 10.7. The van der Waals surface area contributed by atoms with Gasteiger partial charge >= 0.3 is 5.97 Å². The van der Waals surface area contributed by atoms with Crippen molar-refractivity contribution in [2.24, 2.45) is 29.1 Å². The molecule has 0 bridgehead atoms. The number of rotatable bonds is 15. The Kier molecular flexibility index (Phi) is 11.1. The van der Waals surface area contributed by atoms with Gasteiger partial charge in [-0.2, -0.15) is 0 Å². The molecule has 1 N–H and O–H groups in total. The number of ketones is 2. The third-order valence-corrected chi connectivity index (χ3v) is 8.02. The number of allylic oxidation sites excluding steroid dienone is 2. The SMILES string of the molecule is CCCCCCC1CCC(/C=C\C2CCC(CCCCC(C)(CCC)C(=O)O)C2=O)C1=O. The van der Waals surface area contributed by atoms with E-state index in [0.717, 1.165) is 64.2 Å². The normalized spacial score (nSPS) is 28.0. The van der Waals surface area contributed by atoms with Gasteiger partial charge in [0.15, 0.2) is 0 Å². The smallest absolute Gasteiger partial charge is 0.309 e. The summed E-state index contributed by atoms with van der Waals surface area (Å²) >= 11 is 0. The molecule has 32 heavy (non-hydrogen) atoms. The van der Waals surface area contributed by atoms with Gasteiger partial charge in [0, 0.05) is 23.7 Å². The summed E-state index contributed by atoms with van der Waals surface area (Å²) in [6.45, 7) is 6.08. The number of carboxylic acids is 1. The number of Topliss-reactive ketones (excluding diaryl/α,β-unsaturated/α-hetero) is 2. The summed E-state index contributed by atoms with van der Waals surface area (Å²) in [4.78, 5) is 37.1. The van der Waals surface area contributed by atoms with Crippen molar-refractivity contribution in [1.82, 2.24) is 0 Å². The Balaban J connectivity index is 1.72. The van der Waals surface area contributed by atoms with E-state index < -0.39 is 11.4 Å². The second-order valence-corrected chi connectivity index (χ2v) is 10.7. The average Bonchev–Trinajstić information content (AvgIpc) is 3.29. The van der Waals surface area contributed by atoms with Crippen molar-refractivity contribution in [2.45, 2.75) is 117 Å². The lowest BCUT2D eigenvalue weighted by molar-refractivity contribution is -0.149. The van der Waals surface area contributed by atoms with E-state index in [1.165, 1.54) is 19.3 Å². The minimum absolute atomic E-state index is 0.0188. The van der Waals surface area contributed by atoms with Gasteiger partial charge in [0.05, 0.1) is 5.41 Å². The Morgan fingerprint density at radius 1 is 0.812 bits per heavy atom. The maximum Gasteiger partial charge on any atom is 0.309 e. The maximum absolute atomic E-state index is 12.8. The van der Waals surface area contributed by atoms with Crippen LogP contribution < -0.4 is 0 Å². The highest BCUT2D eigenvalue weighted by molar-refractivity contribution is 5.88. The molecule has 2 saturated carbocycles. The molecule has 0 aromatic carbocycles. The van der Waals surface area contributed by atoms with Crippen molar-refractivity contribution in [1.29, 1.82) is 0 Å². The van der Waals surface area contributed by atoms with Gasteiger partial charge in [-0.1, -0.05) is 70.9 Å². The van der Waals surface area contributed by atoms with Gasteiger partial charge < -0.3 is 5.11 Å². The lowest BCUT2D eigenvalue weighted by Crippen LogP contribution is -2.27. The Morgan fingerprint density at radius 2 is 1.34 bits per heavy atom. The van der Waals surface area contributed by atoms with Crippen molar-refractivity contribution in [3.05, 3.63) is 12.2 Å². The Hall–Kier alpha value is -1.45. The van der Waals surface area contributed by atoms with E-state index in [1.54, 1.807) is 0 Å². The van der Waals surface area contributed by atoms with E-state index in [-0.39, 0.29) is 23.7 Å². The van der Waals surface area contributed by atoms with Crippen molar-refractivity contribution < 1.29 is 19.5 Å². The molecule has 0 aromatic rings. The van der Waals surface area contributed by atoms with E-state index in [1.807, 2.05) is 26.0 Å². The van der Waals surface area contributed by atoms with E-state index in [2.05, 4.69) is 6.92 Å². The van der Waals surface area contributed by atoms with Crippen molar-refractivity contribution in [3.63, 3.8) is 0 Å². The molecule has 182 valence electrons. The molecule has 0 spiro atoms. The van der Waals surface area contributed by atoms with Gasteiger partial charge in [-0.15, -0.1) is 0 Å². The minimum Gasteiger partial charge on any atom is -0.481 e. The van der Waals surface area contributed by atoms with Crippen molar-refractivity contribution >= 4 is 17.5 Å². The number of hydrogen-bond donors (Lipinski definition) is 1. The van der Waals surface area contributed by atoms with E-state index in [4.69, 9.17) is 0 Å². The number of unbranched alkanes of at least 4 members (excludes halogenated alkanes) is 4. The van der Waals surface area contributed by atoms with Crippen LogP contribution in [0.4, 0.5) is 0 Å². The second kappa shape index (κ2) is 13.3. The van der Waals surface area contributed by atoms with Gasteiger partial charge in [-0.3, -0.25) is 14.4 Å². The van der Waals surface area contributed by atoms with Crippen LogP contribution >= 0.6 is 0 Å². The van der Waals surface area contributed by atoms with Gasteiger partial charge in [-0.25, -0.2) is 0 Å². The average molecular weight is 447 g/mol. The molecule has 5 atom stereocenters. The first-order valence-corrected chi connectivity index (χ1v) is 13.3. The Bertz CT molecular complexity index is 652. The molecule has 0 heterocycles. The molecule has 0 radical (unpaired) electrons. The van der Waals surface area contributed by atoms with Crippen LogP contribution in [0.5, 0.6) is 0 Å². The topological polar surface area (TPSA) is 71.4 Å². The summed E-state index contributed by atoms with van der Waals surface area (Å²) < 4.78 is 0. The number of carbonyl (C=O) groups is 3. The first-order chi connectivity index (χ1) is 15.3. The highest BCUT2D eigenvalue weighted by atomic mass is 16.4. The number of carboxylic acid groups (broad SMARTS) is 1. The van der Waals surface area contributed by atoms with E-state index in [9.17, 15) is 19.5 Å². The van der Waals surface area contributed by atoms with Crippen LogP contribution in [0.15, 0.2) is 12.2 Å². The summed E-state index contributed by atoms with van der Waals surface area (Å²) in [5, 5.41) is 9.51. The number of aliphatic carboxylic acids is 1. The zero-order chi connectivity index (χ0) is 23.6. The van der Waals surface area contributed by atoms with Gasteiger partial charge in [0.25, 0.3) is 0 Å². The van der Waals surface area contributed by atoms with Gasteiger partial charge in [-0.05, 0) is 58.3 Å². The molecule has 4 heteroatoms. The van der Waals surface area contributed by atoms with Crippen LogP contribution in [0.3, 0.4) is 0 Å². The summed E-state index contributed by atoms with van der Waals surface area (Å²) in [6.07, 6.45) is 18.7. The monoisotopic (exact) mass is 446 g/mol. The summed E-state index contributed by atoms with van der Waals surface area (Å²) in [6, 6.07) is 0. The lowest BCUT2D eigenvalue weighted by Gasteiger charge is -2.24. The van der Waals surface area contributed by atoms with Crippen molar-refractivity contribution in [2.75, 3.05) is 0 Å². The van der Waals surface area contributed by atoms with Crippen LogP contribution in [0, 0.1) is 29.1 Å². The predicted octanol–water partition coefficient (Wildman–Crippen LogP) is 7.16. The van der Waals surface area contributed by atoms with Crippen LogP contribution in [0.2, 0.25) is 0 Å². The van der Waals surface area contributed by atoms with Crippen LogP contribution in [-0.2, 0) is 14.4 Å². The molecule has 2 rings (SSSR count). The van der Waals surface area contributed by atoms with E-state index >= 15 is 0 Å². The molecule has 2 aliphatic carbocycles. The molecular weight excluding hydrogens is 400 g/mol. The zero-order valence-corrected chi connectivity index (χ0v) is 20.7. The fourth-order valence-corrected chi connectivity index (χ4v) is 5.77. The van der Waals surface area contributed by atoms with Crippen LogP contribution in [0.1, 0.15) is 117 Å². The maximum atomic E-state index is 12.8. The Labute approximate surface area is 195 Å². The summed E-state index contributed by atoms with van der Waals surface area (Å²) in [5.74, 6) is 0.359. The molecule has 2 aliphatic rings. The zero-order valence-electron chi connectivity index (χ0n) is 20.7. The molecule has 2 fully saturated rings. The fraction of sp³-hybridized carbons (Fsp3) is 0.821. The quantitative estimate of drug-likeness (QED) is 0.214. The van der Waals surface area contributed by atoms with Gasteiger partial charge in [0.2, 0.25) is 0 Å².